The second-order valence-electron chi connectivity index (χ2n) is 6.11. The summed E-state index contributed by atoms with van der Waals surface area (Å²) in [6.45, 7) is 3.43. The highest BCUT2D eigenvalue weighted by molar-refractivity contribution is 6.31. The van der Waals surface area contributed by atoms with Crippen LogP contribution in [0.1, 0.15) is 36.0 Å². The Hall–Kier alpha value is -1.55. The molecule has 2 aliphatic heterocycles. The zero-order chi connectivity index (χ0) is 15.5. The first-order chi connectivity index (χ1) is 10.7. The predicted molar refractivity (Wildman–Crippen MR) is 87.6 cm³/mol. The minimum Gasteiger partial charge on any atom is -0.371 e. The van der Waals surface area contributed by atoms with E-state index in [-0.39, 0.29) is 5.92 Å². The number of amides is 1. The van der Waals surface area contributed by atoms with E-state index in [1.54, 1.807) is 12.1 Å². The van der Waals surface area contributed by atoms with Crippen molar-refractivity contribution >= 4 is 29.5 Å². The van der Waals surface area contributed by atoms with E-state index in [4.69, 9.17) is 11.6 Å². The van der Waals surface area contributed by atoms with Crippen molar-refractivity contribution in [1.29, 1.82) is 0 Å². The quantitative estimate of drug-likeness (QED) is 0.804. The van der Waals surface area contributed by atoms with Crippen molar-refractivity contribution in [2.24, 2.45) is 5.92 Å². The summed E-state index contributed by atoms with van der Waals surface area (Å²) in [5.74, 6) is 0.451. The lowest BCUT2D eigenvalue weighted by molar-refractivity contribution is -0.135. The summed E-state index contributed by atoms with van der Waals surface area (Å²) in [6, 6.07) is 5.33. The van der Waals surface area contributed by atoms with Gasteiger partial charge in [0.15, 0.2) is 6.29 Å². The number of benzene rings is 1. The first-order valence-corrected chi connectivity index (χ1v) is 8.35. The van der Waals surface area contributed by atoms with Crippen LogP contribution >= 0.6 is 11.6 Å². The van der Waals surface area contributed by atoms with E-state index in [1.165, 1.54) is 0 Å². The Morgan fingerprint density at radius 1 is 1.14 bits per heavy atom. The third kappa shape index (κ3) is 3.12. The Labute approximate surface area is 136 Å². The minimum atomic E-state index is 0.133. The number of rotatable bonds is 3. The second kappa shape index (κ2) is 6.69. The molecule has 4 nitrogen and oxygen atoms in total. The number of aldehydes is 1. The zero-order valence-corrected chi connectivity index (χ0v) is 13.4. The molecule has 2 fully saturated rings. The number of hydrogen-bond donors (Lipinski definition) is 0. The fraction of sp³-hybridized carbons (Fsp3) is 0.529. The molecule has 0 aliphatic carbocycles. The van der Waals surface area contributed by atoms with Crippen molar-refractivity contribution in [3.05, 3.63) is 28.8 Å². The number of likely N-dealkylation sites (tertiary alicyclic amines) is 1. The first-order valence-electron chi connectivity index (χ1n) is 7.97. The molecule has 0 atom stereocenters. The summed E-state index contributed by atoms with van der Waals surface area (Å²) in [7, 11) is 0. The lowest BCUT2D eigenvalue weighted by Crippen LogP contribution is -2.41. The maximum absolute atomic E-state index is 12.5. The van der Waals surface area contributed by atoms with Crippen LogP contribution in [0, 0.1) is 5.92 Å². The number of carbonyl (C=O) groups excluding carboxylic acids is 2. The van der Waals surface area contributed by atoms with E-state index in [1.807, 2.05) is 11.0 Å². The van der Waals surface area contributed by atoms with Crippen LogP contribution in [0.15, 0.2) is 18.2 Å². The number of halogens is 1. The van der Waals surface area contributed by atoms with Crippen LogP contribution in [-0.2, 0) is 4.79 Å². The Kier molecular flexibility index (Phi) is 4.67. The molecule has 2 aliphatic rings. The SMILES string of the molecule is O=Cc1ccc(Cl)cc1N1CCC(C(=O)N2CCCC2)CC1. The van der Waals surface area contributed by atoms with Crippen molar-refractivity contribution in [1.82, 2.24) is 4.90 Å². The van der Waals surface area contributed by atoms with Gasteiger partial charge < -0.3 is 9.80 Å². The second-order valence-corrected chi connectivity index (χ2v) is 6.55. The van der Waals surface area contributed by atoms with E-state index in [0.29, 0.717) is 16.5 Å². The molecule has 1 amide bonds. The molecule has 1 aromatic rings. The van der Waals surface area contributed by atoms with Crippen molar-refractivity contribution in [3.63, 3.8) is 0 Å². The van der Waals surface area contributed by atoms with Gasteiger partial charge in [-0.2, -0.15) is 0 Å². The van der Waals surface area contributed by atoms with Gasteiger partial charge in [0.2, 0.25) is 5.91 Å². The van der Waals surface area contributed by atoms with Gasteiger partial charge in [-0.15, -0.1) is 0 Å². The van der Waals surface area contributed by atoms with E-state index >= 15 is 0 Å². The topological polar surface area (TPSA) is 40.6 Å². The maximum atomic E-state index is 12.5. The van der Waals surface area contributed by atoms with Crippen LogP contribution < -0.4 is 4.90 Å². The van der Waals surface area contributed by atoms with Gasteiger partial charge in [0.25, 0.3) is 0 Å². The van der Waals surface area contributed by atoms with Crippen molar-refractivity contribution in [2.75, 3.05) is 31.1 Å². The predicted octanol–water partition coefficient (Wildman–Crippen LogP) is 2.99. The lowest BCUT2D eigenvalue weighted by atomic mass is 9.94. The van der Waals surface area contributed by atoms with Gasteiger partial charge in [-0.1, -0.05) is 11.6 Å². The number of piperidine rings is 1. The van der Waals surface area contributed by atoms with Crippen LogP contribution in [0.3, 0.4) is 0 Å². The van der Waals surface area contributed by atoms with Gasteiger partial charge in [-0.05, 0) is 43.9 Å². The van der Waals surface area contributed by atoms with Crippen LogP contribution in [0.2, 0.25) is 5.02 Å². The Bertz CT molecular complexity index is 562. The average Bonchev–Trinajstić information content (AvgIpc) is 3.09. The molecule has 22 heavy (non-hydrogen) atoms. The van der Waals surface area contributed by atoms with E-state index < -0.39 is 0 Å². The van der Waals surface area contributed by atoms with Crippen LogP contribution in [-0.4, -0.2) is 43.3 Å². The largest absolute Gasteiger partial charge is 0.371 e. The Balaban J connectivity index is 1.65. The summed E-state index contributed by atoms with van der Waals surface area (Å²) >= 11 is 6.05. The smallest absolute Gasteiger partial charge is 0.225 e. The molecule has 0 aromatic heterocycles. The molecule has 0 bridgehead atoms. The molecule has 2 saturated heterocycles. The van der Waals surface area contributed by atoms with Gasteiger partial charge in [0.05, 0.1) is 0 Å². The molecule has 3 rings (SSSR count). The highest BCUT2D eigenvalue weighted by atomic mass is 35.5. The van der Waals surface area contributed by atoms with Crippen LogP contribution in [0.4, 0.5) is 5.69 Å². The number of hydrogen-bond acceptors (Lipinski definition) is 3. The molecular formula is C17H21ClN2O2. The summed E-state index contributed by atoms with van der Waals surface area (Å²) in [5.41, 5.74) is 1.54. The lowest BCUT2D eigenvalue weighted by Gasteiger charge is -2.35. The fourth-order valence-electron chi connectivity index (χ4n) is 3.45. The molecule has 0 radical (unpaired) electrons. The molecule has 0 saturated carbocycles. The van der Waals surface area contributed by atoms with Crippen LogP contribution in [0.5, 0.6) is 0 Å². The Morgan fingerprint density at radius 2 is 1.82 bits per heavy atom. The van der Waals surface area contributed by atoms with Crippen molar-refractivity contribution in [2.45, 2.75) is 25.7 Å². The standard InChI is InChI=1S/C17H21ClN2O2/c18-15-4-3-14(12-21)16(11-15)19-9-5-13(6-10-19)17(22)20-7-1-2-8-20/h3-4,11-13H,1-2,5-10H2. The summed E-state index contributed by atoms with van der Waals surface area (Å²) in [6.07, 6.45) is 4.83. The molecule has 0 N–H and O–H groups in total. The van der Waals surface area contributed by atoms with E-state index in [9.17, 15) is 9.59 Å². The summed E-state index contributed by atoms with van der Waals surface area (Å²) in [4.78, 5) is 27.8. The molecule has 0 unspecified atom stereocenters. The van der Waals surface area contributed by atoms with Gasteiger partial charge in [-0.25, -0.2) is 0 Å². The highest BCUT2D eigenvalue weighted by Crippen LogP contribution is 2.29. The molecular weight excluding hydrogens is 300 g/mol. The molecule has 5 heteroatoms. The highest BCUT2D eigenvalue weighted by Gasteiger charge is 2.30. The third-order valence-corrected chi connectivity index (χ3v) is 4.96. The Morgan fingerprint density at radius 3 is 2.45 bits per heavy atom. The normalized spacial score (nSPS) is 19.5. The fourth-order valence-corrected chi connectivity index (χ4v) is 3.62. The third-order valence-electron chi connectivity index (χ3n) is 4.72. The van der Waals surface area contributed by atoms with Crippen LogP contribution in [0.25, 0.3) is 0 Å². The first kappa shape index (κ1) is 15.3. The van der Waals surface area contributed by atoms with E-state index in [2.05, 4.69) is 4.90 Å². The molecule has 0 spiro atoms. The minimum absolute atomic E-state index is 0.133. The number of nitrogens with zero attached hydrogens (tertiary/aromatic N) is 2. The van der Waals surface area contributed by atoms with Gasteiger partial charge in [0.1, 0.15) is 0 Å². The summed E-state index contributed by atoms with van der Waals surface area (Å²) in [5, 5.41) is 0.635. The monoisotopic (exact) mass is 320 g/mol. The van der Waals surface area contributed by atoms with Gasteiger partial charge in [0, 0.05) is 48.4 Å². The van der Waals surface area contributed by atoms with E-state index in [0.717, 1.165) is 63.8 Å². The molecule has 2 heterocycles. The summed E-state index contributed by atoms with van der Waals surface area (Å²) < 4.78 is 0. The van der Waals surface area contributed by atoms with Gasteiger partial charge in [-0.3, -0.25) is 9.59 Å². The van der Waals surface area contributed by atoms with Crippen molar-refractivity contribution in [3.8, 4) is 0 Å². The zero-order valence-electron chi connectivity index (χ0n) is 12.6. The molecule has 118 valence electrons. The number of anilines is 1. The average molecular weight is 321 g/mol. The number of carbonyl (C=O) groups is 2. The molecule has 1 aromatic carbocycles. The van der Waals surface area contributed by atoms with Crippen molar-refractivity contribution < 1.29 is 9.59 Å². The van der Waals surface area contributed by atoms with Gasteiger partial charge >= 0.3 is 0 Å². The maximum Gasteiger partial charge on any atom is 0.225 e.